The largest absolute Gasteiger partial charge is 0.483 e. The second-order valence-electron chi connectivity index (χ2n) is 6.98. The number of hydrogen-bond donors (Lipinski definition) is 3. The van der Waals surface area contributed by atoms with Crippen molar-refractivity contribution in [3.05, 3.63) is 42.3 Å². The number of halogens is 1. The van der Waals surface area contributed by atoms with Gasteiger partial charge in [0.25, 0.3) is 6.47 Å². The van der Waals surface area contributed by atoms with E-state index in [-0.39, 0.29) is 23.9 Å². The van der Waals surface area contributed by atoms with Gasteiger partial charge in [0.15, 0.2) is 11.6 Å². The number of H-pyrrole nitrogens is 1. The molecule has 158 valence electrons. The molecular formula is C21H24FN5O3. The highest BCUT2D eigenvalue weighted by Gasteiger charge is 2.18. The third kappa shape index (κ3) is 5.38. The Morgan fingerprint density at radius 1 is 1.30 bits per heavy atom. The second-order valence-corrected chi connectivity index (χ2v) is 6.98. The van der Waals surface area contributed by atoms with Crippen LogP contribution in [0.3, 0.4) is 0 Å². The molecule has 30 heavy (non-hydrogen) atoms. The molecule has 8 nitrogen and oxygen atoms in total. The van der Waals surface area contributed by atoms with Crippen LogP contribution in [0.1, 0.15) is 25.7 Å². The maximum absolute atomic E-state index is 14.7. The number of nitrogens with one attached hydrogen (secondary N) is 2. The fourth-order valence-corrected chi connectivity index (χ4v) is 3.47. The van der Waals surface area contributed by atoms with Gasteiger partial charge in [-0.2, -0.15) is 5.10 Å². The number of carbonyl (C=O) groups is 2. The predicted octanol–water partition coefficient (Wildman–Crippen LogP) is 3.28. The fourth-order valence-electron chi connectivity index (χ4n) is 3.47. The number of rotatable bonds is 6. The number of aromatic nitrogens is 3. The summed E-state index contributed by atoms with van der Waals surface area (Å²) in [5.41, 5.74) is 1.65. The molecule has 0 bridgehead atoms. The molecule has 3 N–H and O–H groups in total. The van der Waals surface area contributed by atoms with Crippen molar-refractivity contribution in [1.82, 2.24) is 20.1 Å². The standard InChI is InChI=1S/C20H22FN5O.CH2O2/c21-18-19(15-12-14-6-1-2-7-16(14)22-13-15)24-25-20(18)23-17(27)8-5-11-26-9-3-4-10-26;2-1-3/h1-2,6-7,12-13H,3-5,8-11H2,(H2,23,24,25,27);1H,(H,2,3). The van der Waals surface area contributed by atoms with Gasteiger partial charge in [-0.25, -0.2) is 4.39 Å². The number of pyridine rings is 1. The summed E-state index contributed by atoms with van der Waals surface area (Å²) in [6.45, 7) is 2.88. The average Bonchev–Trinajstić information content (AvgIpc) is 3.39. The van der Waals surface area contributed by atoms with Crippen LogP contribution in [0.2, 0.25) is 0 Å². The van der Waals surface area contributed by atoms with Crippen molar-refractivity contribution in [3.63, 3.8) is 0 Å². The van der Waals surface area contributed by atoms with Crippen molar-refractivity contribution < 1.29 is 19.1 Å². The lowest BCUT2D eigenvalue weighted by Crippen LogP contribution is -2.22. The summed E-state index contributed by atoms with van der Waals surface area (Å²) in [5, 5.41) is 17.0. The van der Waals surface area contributed by atoms with Crippen molar-refractivity contribution in [1.29, 1.82) is 0 Å². The molecule has 2 aromatic heterocycles. The first kappa shape index (κ1) is 21.4. The van der Waals surface area contributed by atoms with Gasteiger partial charge in [-0.3, -0.25) is 19.7 Å². The van der Waals surface area contributed by atoms with E-state index in [2.05, 4.69) is 25.4 Å². The lowest BCUT2D eigenvalue weighted by atomic mass is 10.1. The summed E-state index contributed by atoms with van der Waals surface area (Å²) in [6.07, 6.45) is 5.18. The van der Waals surface area contributed by atoms with Crippen LogP contribution in [-0.4, -0.2) is 57.2 Å². The Kier molecular flexibility index (Phi) is 7.45. The van der Waals surface area contributed by atoms with E-state index in [0.717, 1.165) is 37.0 Å². The third-order valence-corrected chi connectivity index (χ3v) is 4.92. The average molecular weight is 413 g/mol. The first-order valence-electron chi connectivity index (χ1n) is 9.81. The number of likely N-dealkylation sites (tertiary alicyclic amines) is 1. The van der Waals surface area contributed by atoms with Gasteiger partial charge in [-0.05, 0) is 51.0 Å². The lowest BCUT2D eigenvalue weighted by molar-refractivity contribution is -0.123. The van der Waals surface area contributed by atoms with Crippen LogP contribution in [0.15, 0.2) is 36.5 Å². The number of fused-ring (bicyclic) bond motifs is 1. The van der Waals surface area contributed by atoms with Crippen LogP contribution in [0.25, 0.3) is 22.2 Å². The first-order valence-corrected chi connectivity index (χ1v) is 9.81. The van der Waals surface area contributed by atoms with Crippen LogP contribution < -0.4 is 5.32 Å². The smallest absolute Gasteiger partial charge is 0.290 e. The summed E-state index contributed by atoms with van der Waals surface area (Å²) in [4.78, 5) is 27.2. The normalized spacial score (nSPS) is 13.6. The van der Waals surface area contributed by atoms with Crippen molar-refractivity contribution >= 4 is 29.1 Å². The summed E-state index contributed by atoms with van der Waals surface area (Å²) in [5.74, 6) is -0.855. The number of hydrogen-bond acceptors (Lipinski definition) is 5. The van der Waals surface area contributed by atoms with E-state index in [1.807, 2.05) is 30.3 Å². The molecular weight excluding hydrogens is 389 g/mol. The van der Waals surface area contributed by atoms with Crippen LogP contribution in [0.5, 0.6) is 0 Å². The first-order chi connectivity index (χ1) is 14.6. The quantitative estimate of drug-likeness (QED) is 0.535. The Morgan fingerprint density at radius 2 is 2.03 bits per heavy atom. The molecule has 1 saturated heterocycles. The number of benzene rings is 1. The number of amides is 1. The van der Waals surface area contributed by atoms with Crippen LogP contribution in [0, 0.1) is 5.82 Å². The number of para-hydroxylation sites is 1. The SMILES string of the molecule is O=C(CCCN1CCCC1)Nc1n[nH]c(-c2cnc3ccccc3c2)c1F.O=CO. The van der Waals surface area contributed by atoms with E-state index in [0.29, 0.717) is 12.0 Å². The molecule has 1 aliphatic heterocycles. The molecule has 0 unspecified atom stereocenters. The van der Waals surface area contributed by atoms with Gasteiger partial charge in [0.05, 0.1) is 5.52 Å². The van der Waals surface area contributed by atoms with Gasteiger partial charge in [0.2, 0.25) is 5.91 Å². The maximum Gasteiger partial charge on any atom is 0.290 e. The Labute approximate surface area is 173 Å². The molecule has 3 heterocycles. The number of aromatic amines is 1. The monoisotopic (exact) mass is 413 g/mol. The Hall–Kier alpha value is -3.33. The molecule has 3 aromatic rings. The zero-order valence-corrected chi connectivity index (χ0v) is 16.5. The van der Waals surface area contributed by atoms with Crippen molar-refractivity contribution in [2.45, 2.75) is 25.7 Å². The number of carbonyl (C=O) groups excluding carboxylic acids is 1. The van der Waals surface area contributed by atoms with E-state index in [1.54, 1.807) is 6.20 Å². The highest BCUT2D eigenvalue weighted by Crippen LogP contribution is 2.27. The van der Waals surface area contributed by atoms with Gasteiger partial charge in [-0.1, -0.05) is 18.2 Å². The van der Waals surface area contributed by atoms with Gasteiger partial charge in [0, 0.05) is 23.6 Å². The molecule has 9 heteroatoms. The molecule has 1 aliphatic rings. The highest BCUT2D eigenvalue weighted by atomic mass is 19.1. The molecule has 0 aliphatic carbocycles. The van der Waals surface area contributed by atoms with Crippen molar-refractivity contribution in [2.75, 3.05) is 25.0 Å². The van der Waals surface area contributed by atoms with Crippen molar-refractivity contribution in [3.8, 4) is 11.3 Å². The summed E-state index contributed by atoms with van der Waals surface area (Å²) >= 11 is 0. The second kappa shape index (κ2) is 10.4. The molecule has 0 radical (unpaired) electrons. The van der Waals surface area contributed by atoms with Crippen molar-refractivity contribution in [2.24, 2.45) is 0 Å². The molecule has 0 saturated carbocycles. The fraction of sp³-hybridized carbons (Fsp3) is 0.333. The van der Waals surface area contributed by atoms with Gasteiger partial charge >= 0.3 is 0 Å². The Bertz CT molecular complexity index is 1000. The zero-order chi connectivity index (χ0) is 21.3. The molecule has 4 rings (SSSR count). The number of nitrogens with zero attached hydrogens (tertiary/aromatic N) is 3. The van der Waals surface area contributed by atoms with Crippen LogP contribution in [0.4, 0.5) is 10.2 Å². The summed E-state index contributed by atoms with van der Waals surface area (Å²) < 4.78 is 14.7. The maximum atomic E-state index is 14.7. The molecule has 0 atom stereocenters. The number of carboxylic acid groups (broad SMARTS) is 1. The Morgan fingerprint density at radius 3 is 2.80 bits per heavy atom. The molecule has 0 spiro atoms. The van der Waals surface area contributed by atoms with Gasteiger partial charge in [-0.15, -0.1) is 0 Å². The van der Waals surface area contributed by atoms with Crippen LogP contribution in [-0.2, 0) is 9.59 Å². The number of anilines is 1. The molecule has 1 aromatic carbocycles. The van der Waals surface area contributed by atoms with Crippen LogP contribution >= 0.6 is 0 Å². The van der Waals surface area contributed by atoms with E-state index >= 15 is 0 Å². The summed E-state index contributed by atoms with van der Waals surface area (Å²) in [7, 11) is 0. The third-order valence-electron chi connectivity index (χ3n) is 4.92. The lowest BCUT2D eigenvalue weighted by Gasteiger charge is -2.13. The Balaban J connectivity index is 0.000000806. The topological polar surface area (TPSA) is 111 Å². The molecule has 1 fully saturated rings. The van der Waals surface area contributed by atoms with E-state index in [4.69, 9.17) is 9.90 Å². The van der Waals surface area contributed by atoms with Gasteiger partial charge in [0.1, 0.15) is 5.69 Å². The van der Waals surface area contributed by atoms with E-state index in [1.165, 1.54) is 12.8 Å². The zero-order valence-electron chi connectivity index (χ0n) is 16.5. The highest BCUT2D eigenvalue weighted by molar-refractivity contribution is 5.91. The molecule has 1 amide bonds. The summed E-state index contributed by atoms with van der Waals surface area (Å²) in [6, 6.07) is 9.48. The van der Waals surface area contributed by atoms with E-state index in [9.17, 15) is 9.18 Å². The van der Waals surface area contributed by atoms with E-state index < -0.39 is 5.82 Å². The van der Waals surface area contributed by atoms with Gasteiger partial charge < -0.3 is 15.3 Å². The minimum Gasteiger partial charge on any atom is -0.483 e. The minimum absolute atomic E-state index is 0.0654. The predicted molar refractivity (Wildman–Crippen MR) is 112 cm³/mol. The minimum atomic E-state index is -0.569.